The topological polar surface area (TPSA) is 112 Å². The Balaban J connectivity index is 2.43. The second-order valence-corrected chi connectivity index (χ2v) is 11.0. The van der Waals surface area contributed by atoms with Crippen molar-refractivity contribution in [2.75, 3.05) is 0 Å². The van der Waals surface area contributed by atoms with Crippen molar-refractivity contribution in [2.24, 2.45) is 9.50 Å². The Bertz CT molecular complexity index is 996. The fourth-order valence-corrected chi connectivity index (χ4v) is 5.40. The Labute approximate surface area is 185 Å². The lowest BCUT2D eigenvalue weighted by atomic mass is 9.85. The Hall–Kier alpha value is -1.92. The van der Waals surface area contributed by atoms with Gasteiger partial charge in [0, 0.05) is 10.9 Å². The smallest absolute Gasteiger partial charge is 0.257 e. The third kappa shape index (κ3) is 5.61. The quantitative estimate of drug-likeness (QED) is 0.673. The maximum atomic E-state index is 12.8. The molecule has 0 aliphatic heterocycles. The Kier molecular flexibility index (Phi) is 7.69. The van der Waals surface area contributed by atoms with Gasteiger partial charge < -0.3 is 5.11 Å². The Morgan fingerprint density at radius 2 is 1.83 bits per heavy atom. The standard InChI is InChI=1S/C22H30N4O2S2/c1-12(2)16-8-15(11-23)9-17(13(3)4)18(16)10-19(27)26-30(24)20-14(5)25-21(29-20)22(6,7)28/h8-9,12-13,28H,10H2,1-7H3,(H2,24,26,27). The molecule has 1 aromatic heterocycles. The van der Waals surface area contributed by atoms with E-state index in [0.29, 0.717) is 20.5 Å². The van der Waals surface area contributed by atoms with E-state index >= 15 is 0 Å². The SMILES string of the molecule is Cc1nc(C(C)(C)O)sc1S(N)=NC(=O)Cc1c(C(C)C)cc(C#N)cc1C(C)C. The van der Waals surface area contributed by atoms with Crippen LogP contribution in [0.3, 0.4) is 0 Å². The van der Waals surface area contributed by atoms with E-state index in [4.69, 9.17) is 5.14 Å². The summed E-state index contributed by atoms with van der Waals surface area (Å²) >= 11 is 1.29. The van der Waals surface area contributed by atoms with Gasteiger partial charge in [-0.05, 0) is 61.4 Å². The fourth-order valence-electron chi connectivity index (χ4n) is 3.19. The van der Waals surface area contributed by atoms with Crippen molar-refractivity contribution in [3.05, 3.63) is 45.1 Å². The van der Waals surface area contributed by atoms with Crippen molar-refractivity contribution in [1.29, 1.82) is 5.26 Å². The molecule has 3 N–H and O–H groups in total. The number of benzene rings is 1. The summed E-state index contributed by atoms with van der Waals surface area (Å²) in [5.74, 6) is 0.0487. The van der Waals surface area contributed by atoms with Gasteiger partial charge in [-0.15, -0.1) is 11.3 Å². The number of hydrogen-bond acceptors (Lipinski definition) is 5. The molecule has 6 nitrogen and oxygen atoms in total. The molecule has 2 aromatic rings. The Morgan fingerprint density at radius 1 is 1.30 bits per heavy atom. The van der Waals surface area contributed by atoms with Crippen LogP contribution in [0.25, 0.3) is 0 Å². The van der Waals surface area contributed by atoms with Crippen LogP contribution in [0.5, 0.6) is 0 Å². The molecule has 0 saturated heterocycles. The Morgan fingerprint density at radius 3 is 2.23 bits per heavy atom. The molecule has 1 heterocycles. The zero-order valence-corrected chi connectivity index (χ0v) is 20.2. The van der Waals surface area contributed by atoms with Crippen LogP contribution in [0.1, 0.15) is 86.3 Å². The van der Waals surface area contributed by atoms with Crippen LogP contribution in [0.2, 0.25) is 0 Å². The molecule has 0 spiro atoms. The molecule has 1 unspecified atom stereocenters. The number of thiazole rings is 1. The summed E-state index contributed by atoms with van der Waals surface area (Å²) in [7, 11) is -1.14. The number of amides is 1. The third-order valence-electron chi connectivity index (χ3n) is 4.69. The van der Waals surface area contributed by atoms with Crippen LogP contribution in [0, 0.1) is 18.3 Å². The minimum absolute atomic E-state index is 0.142. The predicted octanol–water partition coefficient (Wildman–Crippen LogP) is 4.60. The summed E-state index contributed by atoms with van der Waals surface area (Å²) in [5.41, 5.74) is 3.15. The van der Waals surface area contributed by atoms with Gasteiger partial charge >= 0.3 is 0 Å². The van der Waals surface area contributed by atoms with E-state index in [1.165, 1.54) is 11.3 Å². The highest BCUT2D eigenvalue weighted by atomic mass is 32.2. The van der Waals surface area contributed by atoms with Crippen molar-refractivity contribution >= 4 is 28.1 Å². The highest BCUT2D eigenvalue weighted by molar-refractivity contribution is 7.87. The first-order valence-electron chi connectivity index (χ1n) is 9.85. The number of carbonyl (C=O) groups excluding carboxylic acids is 1. The molecular weight excluding hydrogens is 416 g/mol. The molecule has 0 bridgehead atoms. The molecular formula is C22H30N4O2S2. The summed E-state index contributed by atoms with van der Waals surface area (Å²) in [6.45, 7) is 13.4. The third-order valence-corrected chi connectivity index (χ3v) is 7.79. The molecule has 1 atom stereocenters. The lowest BCUT2D eigenvalue weighted by molar-refractivity contribution is -0.117. The first-order valence-corrected chi connectivity index (χ1v) is 11.9. The number of carbonyl (C=O) groups is 1. The molecule has 0 aliphatic carbocycles. The van der Waals surface area contributed by atoms with E-state index in [2.05, 4.69) is 43.1 Å². The van der Waals surface area contributed by atoms with Gasteiger partial charge in [-0.1, -0.05) is 27.7 Å². The first-order chi connectivity index (χ1) is 13.8. The van der Waals surface area contributed by atoms with Crippen molar-refractivity contribution < 1.29 is 9.90 Å². The van der Waals surface area contributed by atoms with Crippen LogP contribution >= 0.6 is 11.3 Å². The number of hydrogen-bond donors (Lipinski definition) is 2. The molecule has 30 heavy (non-hydrogen) atoms. The van der Waals surface area contributed by atoms with Crippen LogP contribution in [-0.4, -0.2) is 16.0 Å². The van der Waals surface area contributed by atoms with Crippen LogP contribution in [0.15, 0.2) is 20.7 Å². The molecule has 162 valence electrons. The second-order valence-electron chi connectivity index (χ2n) is 8.48. The predicted molar refractivity (Wildman–Crippen MR) is 122 cm³/mol. The lowest BCUT2D eigenvalue weighted by Crippen LogP contribution is -2.14. The van der Waals surface area contributed by atoms with Gasteiger partial charge in [0.15, 0.2) is 0 Å². The van der Waals surface area contributed by atoms with Gasteiger partial charge in [-0.25, -0.2) is 4.98 Å². The van der Waals surface area contributed by atoms with Crippen LogP contribution in [0.4, 0.5) is 0 Å². The van der Waals surface area contributed by atoms with Crippen molar-refractivity contribution in [1.82, 2.24) is 4.98 Å². The number of aromatic nitrogens is 1. The lowest BCUT2D eigenvalue weighted by Gasteiger charge is -2.19. The number of nitrogens with two attached hydrogens (primary N) is 1. The molecule has 0 aliphatic rings. The monoisotopic (exact) mass is 446 g/mol. The zero-order valence-electron chi connectivity index (χ0n) is 18.6. The number of rotatable bonds is 6. The summed E-state index contributed by atoms with van der Waals surface area (Å²) in [4.78, 5) is 17.2. The number of aliphatic hydroxyl groups is 1. The van der Waals surface area contributed by atoms with Gasteiger partial charge in [-0.3, -0.25) is 9.93 Å². The van der Waals surface area contributed by atoms with Gasteiger partial charge in [0.2, 0.25) is 0 Å². The van der Waals surface area contributed by atoms with Crippen LogP contribution in [-0.2, 0) is 27.7 Å². The summed E-state index contributed by atoms with van der Waals surface area (Å²) < 4.78 is 4.93. The van der Waals surface area contributed by atoms with Crippen molar-refractivity contribution in [3.63, 3.8) is 0 Å². The maximum absolute atomic E-state index is 12.8. The van der Waals surface area contributed by atoms with E-state index in [-0.39, 0.29) is 24.2 Å². The van der Waals surface area contributed by atoms with Gasteiger partial charge in [0.25, 0.3) is 5.91 Å². The van der Waals surface area contributed by atoms with Crippen molar-refractivity contribution in [3.8, 4) is 6.07 Å². The second kappa shape index (κ2) is 9.48. The molecule has 1 aromatic carbocycles. The molecule has 1 amide bonds. The molecule has 0 saturated carbocycles. The summed E-state index contributed by atoms with van der Waals surface area (Å²) in [6, 6.07) is 5.95. The normalized spacial score (nSPS) is 13.1. The van der Waals surface area contributed by atoms with E-state index in [9.17, 15) is 15.2 Å². The molecule has 2 rings (SSSR count). The van der Waals surface area contributed by atoms with E-state index < -0.39 is 16.5 Å². The van der Waals surface area contributed by atoms with Gasteiger partial charge in [0.1, 0.15) is 14.8 Å². The largest absolute Gasteiger partial charge is 0.383 e. The molecule has 0 radical (unpaired) electrons. The average molecular weight is 447 g/mol. The van der Waals surface area contributed by atoms with E-state index in [1.54, 1.807) is 13.8 Å². The first kappa shape index (κ1) is 24.4. The fraction of sp³-hybridized carbons (Fsp3) is 0.500. The van der Waals surface area contributed by atoms with Gasteiger partial charge in [-0.2, -0.15) is 9.62 Å². The van der Waals surface area contributed by atoms with E-state index in [1.807, 2.05) is 19.1 Å². The van der Waals surface area contributed by atoms with Crippen LogP contribution < -0.4 is 5.14 Å². The minimum atomic E-state index is -1.14. The number of nitriles is 1. The molecule has 0 fully saturated rings. The summed E-state index contributed by atoms with van der Waals surface area (Å²) in [6.07, 6.45) is 0.142. The number of nitrogens with zero attached hydrogens (tertiary/aromatic N) is 3. The minimum Gasteiger partial charge on any atom is -0.383 e. The van der Waals surface area contributed by atoms with Crippen molar-refractivity contribution in [2.45, 2.75) is 76.5 Å². The van der Waals surface area contributed by atoms with Gasteiger partial charge in [0.05, 0.1) is 23.7 Å². The maximum Gasteiger partial charge on any atom is 0.257 e. The van der Waals surface area contributed by atoms with E-state index in [0.717, 1.165) is 16.7 Å². The average Bonchev–Trinajstić information content (AvgIpc) is 3.03. The zero-order chi connectivity index (χ0) is 22.8. The number of aryl methyl sites for hydroxylation is 1. The summed E-state index contributed by atoms with van der Waals surface area (Å²) in [5, 5.41) is 26.3. The highest BCUT2D eigenvalue weighted by Crippen LogP contribution is 2.31. The highest BCUT2D eigenvalue weighted by Gasteiger charge is 2.24. The molecule has 8 heteroatoms.